The van der Waals surface area contributed by atoms with Crippen molar-refractivity contribution in [1.29, 1.82) is 0 Å². The number of ether oxygens (including phenoxy) is 2. The first-order chi connectivity index (χ1) is 8.17. The van der Waals surface area contributed by atoms with Crippen LogP contribution in [0.25, 0.3) is 0 Å². The Morgan fingerprint density at radius 3 is 2.35 bits per heavy atom. The number of hydrogen-bond donors (Lipinski definition) is 0. The first kappa shape index (κ1) is 14.9. The fourth-order valence-corrected chi connectivity index (χ4v) is 2.55. The van der Waals surface area contributed by atoms with Gasteiger partial charge in [0.25, 0.3) is 0 Å². The third-order valence-corrected chi connectivity index (χ3v) is 3.60. The standard InChI is InChI=1S/C14H29NO2/c1-5-16-14(17-6-2)9-10-15-11-12(3)7-8-13(15)4/h12-14H,5-11H2,1-4H3. The van der Waals surface area contributed by atoms with Crippen molar-refractivity contribution in [2.45, 2.75) is 59.3 Å². The first-order valence-corrected chi connectivity index (χ1v) is 7.14. The molecule has 1 heterocycles. The molecular formula is C14H29NO2. The van der Waals surface area contributed by atoms with Crippen LogP contribution in [0.3, 0.4) is 0 Å². The normalized spacial score (nSPS) is 26.6. The van der Waals surface area contributed by atoms with Gasteiger partial charge in [-0.15, -0.1) is 0 Å². The van der Waals surface area contributed by atoms with E-state index in [0.717, 1.165) is 38.1 Å². The van der Waals surface area contributed by atoms with E-state index < -0.39 is 0 Å². The molecule has 2 atom stereocenters. The largest absolute Gasteiger partial charge is 0.353 e. The van der Waals surface area contributed by atoms with Crippen molar-refractivity contribution in [1.82, 2.24) is 4.90 Å². The Morgan fingerprint density at radius 2 is 1.76 bits per heavy atom. The maximum atomic E-state index is 5.59. The second-order valence-corrected chi connectivity index (χ2v) is 5.16. The molecule has 0 spiro atoms. The summed E-state index contributed by atoms with van der Waals surface area (Å²) in [5.74, 6) is 0.837. The summed E-state index contributed by atoms with van der Waals surface area (Å²) >= 11 is 0. The minimum absolute atomic E-state index is 0.0190. The zero-order valence-corrected chi connectivity index (χ0v) is 11.9. The molecule has 0 aliphatic carbocycles. The van der Waals surface area contributed by atoms with Gasteiger partial charge in [0.1, 0.15) is 0 Å². The van der Waals surface area contributed by atoms with Crippen molar-refractivity contribution < 1.29 is 9.47 Å². The number of likely N-dealkylation sites (tertiary alicyclic amines) is 1. The van der Waals surface area contributed by atoms with Gasteiger partial charge in [-0.3, -0.25) is 0 Å². The number of piperidine rings is 1. The second kappa shape index (κ2) is 8.06. The van der Waals surface area contributed by atoms with Crippen LogP contribution in [-0.2, 0) is 9.47 Å². The highest BCUT2D eigenvalue weighted by Gasteiger charge is 2.23. The lowest BCUT2D eigenvalue weighted by molar-refractivity contribution is -0.143. The highest BCUT2D eigenvalue weighted by molar-refractivity contribution is 4.76. The van der Waals surface area contributed by atoms with Gasteiger partial charge < -0.3 is 14.4 Å². The topological polar surface area (TPSA) is 21.7 Å². The van der Waals surface area contributed by atoms with E-state index in [4.69, 9.17) is 9.47 Å². The van der Waals surface area contributed by atoms with Crippen molar-refractivity contribution in [3.8, 4) is 0 Å². The van der Waals surface area contributed by atoms with Gasteiger partial charge in [0.2, 0.25) is 0 Å². The van der Waals surface area contributed by atoms with Crippen LogP contribution >= 0.6 is 0 Å². The molecule has 0 aromatic rings. The summed E-state index contributed by atoms with van der Waals surface area (Å²) in [4.78, 5) is 2.58. The lowest BCUT2D eigenvalue weighted by atomic mass is 9.95. The van der Waals surface area contributed by atoms with E-state index >= 15 is 0 Å². The van der Waals surface area contributed by atoms with E-state index in [2.05, 4.69) is 18.7 Å². The fourth-order valence-electron chi connectivity index (χ4n) is 2.55. The van der Waals surface area contributed by atoms with Crippen LogP contribution in [-0.4, -0.2) is 43.5 Å². The summed E-state index contributed by atoms with van der Waals surface area (Å²) in [7, 11) is 0. The maximum Gasteiger partial charge on any atom is 0.158 e. The molecule has 1 saturated heterocycles. The lowest BCUT2D eigenvalue weighted by Gasteiger charge is -2.37. The average Bonchev–Trinajstić information content (AvgIpc) is 2.30. The van der Waals surface area contributed by atoms with Crippen molar-refractivity contribution in [3.63, 3.8) is 0 Å². The molecule has 17 heavy (non-hydrogen) atoms. The van der Waals surface area contributed by atoms with Gasteiger partial charge in [0.15, 0.2) is 6.29 Å². The van der Waals surface area contributed by atoms with Gasteiger partial charge >= 0.3 is 0 Å². The maximum absolute atomic E-state index is 5.59. The minimum atomic E-state index is -0.0190. The van der Waals surface area contributed by atoms with Gasteiger partial charge in [0, 0.05) is 38.8 Å². The van der Waals surface area contributed by atoms with Gasteiger partial charge in [-0.2, -0.15) is 0 Å². The van der Waals surface area contributed by atoms with Crippen LogP contribution in [0.2, 0.25) is 0 Å². The van der Waals surface area contributed by atoms with E-state index in [-0.39, 0.29) is 6.29 Å². The van der Waals surface area contributed by atoms with Crippen LogP contribution in [0, 0.1) is 5.92 Å². The van der Waals surface area contributed by atoms with Crippen molar-refractivity contribution in [3.05, 3.63) is 0 Å². The molecule has 1 rings (SSSR count). The number of rotatable bonds is 7. The summed E-state index contributed by atoms with van der Waals surface area (Å²) in [6, 6.07) is 0.718. The van der Waals surface area contributed by atoms with E-state index in [9.17, 15) is 0 Å². The lowest BCUT2D eigenvalue weighted by Crippen LogP contribution is -2.42. The monoisotopic (exact) mass is 243 g/mol. The summed E-state index contributed by atoms with van der Waals surface area (Å²) < 4.78 is 11.2. The van der Waals surface area contributed by atoms with Crippen molar-refractivity contribution in [2.24, 2.45) is 5.92 Å². The molecule has 0 aromatic heterocycles. The third kappa shape index (κ3) is 5.36. The highest BCUT2D eigenvalue weighted by Crippen LogP contribution is 2.21. The summed E-state index contributed by atoms with van der Waals surface area (Å²) in [5, 5.41) is 0. The van der Waals surface area contributed by atoms with Crippen LogP contribution in [0.1, 0.15) is 47.0 Å². The molecule has 0 radical (unpaired) electrons. The van der Waals surface area contributed by atoms with Crippen molar-refractivity contribution >= 4 is 0 Å². The Balaban J connectivity index is 2.30. The van der Waals surface area contributed by atoms with Gasteiger partial charge in [-0.05, 0) is 39.5 Å². The zero-order chi connectivity index (χ0) is 12.7. The molecule has 1 fully saturated rings. The molecule has 3 nitrogen and oxygen atoms in total. The molecule has 0 bridgehead atoms. The molecule has 0 amide bonds. The number of hydrogen-bond acceptors (Lipinski definition) is 3. The molecule has 0 saturated carbocycles. The Labute approximate surface area is 106 Å². The zero-order valence-electron chi connectivity index (χ0n) is 11.9. The quantitative estimate of drug-likeness (QED) is 0.642. The third-order valence-electron chi connectivity index (χ3n) is 3.60. The summed E-state index contributed by atoms with van der Waals surface area (Å²) in [5.41, 5.74) is 0. The fraction of sp³-hybridized carbons (Fsp3) is 1.00. The van der Waals surface area contributed by atoms with Crippen LogP contribution in [0.5, 0.6) is 0 Å². The summed E-state index contributed by atoms with van der Waals surface area (Å²) in [6.45, 7) is 12.5. The Kier molecular flexibility index (Phi) is 7.09. The Bertz CT molecular complexity index is 193. The van der Waals surface area contributed by atoms with Gasteiger partial charge in [0.05, 0.1) is 0 Å². The molecule has 1 aliphatic rings. The predicted molar refractivity (Wildman–Crippen MR) is 71.1 cm³/mol. The summed E-state index contributed by atoms with van der Waals surface area (Å²) in [6.07, 6.45) is 3.67. The predicted octanol–water partition coefficient (Wildman–Crippen LogP) is 2.90. The van der Waals surface area contributed by atoms with Crippen LogP contribution < -0.4 is 0 Å². The van der Waals surface area contributed by atoms with Gasteiger partial charge in [-0.1, -0.05) is 6.92 Å². The SMILES string of the molecule is CCOC(CCN1CC(C)CCC1C)OCC. The van der Waals surface area contributed by atoms with Crippen LogP contribution in [0.4, 0.5) is 0 Å². The minimum Gasteiger partial charge on any atom is -0.353 e. The molecule has 0 aromatic carbocycles. The van der Waals surface area contributed by atoms with E-state index in [1.807, 2.05) is 13.8 Å². The van der Waals surface area contributed by atoms with Crippen LogP contribution in [0.15, 0.2) is 0 Å². The molecule has 1 aliphatic heterocycles. The van der Waals surface area contributed by atoms with Crippen molar-refractivity contribution in [2.75, 3.05) is 26.3 Å². The smallest absolute Gasteiger partial charge is 0.158 e. The molecular weight excluding hydrogens is 214 g/mol. The average molecular weight is 243 g/mol. The molecule has 3 heteroatoms. The van der Waals surface area contributed by atoms with E-state index in [0.29, 0.717) is 0 Å². The molecule has 0 N–H and O–H groups in total. The first-order valence-electron chi connectivity index (χ1n) is 7.14. The van der Waals surface area contributed by atoms with Gasteiger partial charge in [-0.25, -0.2) is 0 Å². The molecule has 2 unspecified atom stereocenters. The Hall–Kier alpha value is -0.120. The second-order valence-electron chi connectivity index (χ2n) is 5.16. The highest BCUT2D eigenvalue weighted by atomic mass is 16.7. The van der Waals surface area contributed by atoms with E-state index in [1.165, 1.54) is 19.4 Å². The molecule has 102 valence electrons. The number of nitrogens with zero attached hydrogens (tertiary/aromatic N) is 1. The Morgan fingerprint density at radius 1 is 1.12 bits per heavy atom. The van der Waals surface area contributed by atoms with E-state index in [1.54, 1.807) is 0 Å².